The molecule has 0 spiro atoms. The van der Waals surface area contributed by atoms with Crippen molar-refractivity contribution in [3.8, 4) is 0 Å². The van der Waals surface area contributed by atoms with E-state index in [-0.39, 0.29) is 10.6 Å². The average Bonchev–Trinajstić information content (AvgIpc) is 2.71. The predicted molar refractivity (Wildman–Crippen MR) is 88.8 cm³/mol. The van der Waals surface area contributed by atoms with Gasteiger partial charge in [0, 0.05) is 11.6 Å². The standard InChI is InChI=1S/C15H11BrN2O2S/c1-15(16)10-6-2-3-7-11(10)17-14(15)21-13-9-5-4-8-12(13)18(19)20/h2-9H,1H3/t15-/m1/s1. The van der Waals surface area contributed by atoms with Crippen molar-refractivity contribution in [2.24, 2.45) is 4.99 Å². The van der Waals surface area contributed by atoms with Crippen LogP contribution in [0.3, 0.4) is 0 Å². The number of benzene rings is 2. The number of halogens is 1. The number of nitro benzene ring substituents is 1. The smallest absolute Gasteiger partial charge is 0.258 e. The summed E-state index contributed by atoms with van der Waals surface area (Å²) in [6.45, 7) is 2.01. The van der Waals surface area contributed by atoms with Crippen molar-refractivity contribution >= 4 is 44.1 Å². The van der Waals surface area contributed by atoms with Crippen molar-refractivity contribution in [1.29, 1.82) is 0 Å². The Labute approximate surface area is 134 Å². The fraction of sp³-hybridized carbons (Fsp3) is 0.133. The maximum Gasteiger partial charge on any atom is 0.283 e. The van der Waals surface area contributed by atoms with Crippen LogP contribution in [0.5, 0.6) is 0 Å². The number of nitro groups is 1. The molecule has 0 saturated heterocycles. The van der Waals surface area contributed by atoms with Gasteiger partial charge in [0.05, 0.1) is 24.9 Å². The third-order valence-corrected chi connectivity index (χ3v) is 5.63. The number of fused-ring (bicyclic) bond motifs is 1. The van der Waals surface area contributed by atoms with Crippen LogP contribution in [0.2, 0.25) is 0 Å². The molecule has 1 aliphatic rings. The molecule has 6 heteroatoms. The van der Waals surface area contributed by atoms with E-state index in [1.165, 1.54) is 17.8 Å². The van der Waals surface area contributed by atoms with E-state index in [1.54, 1.807) is 18.2 Å². The molecule has 0 N–H and O–H groups in total. The molecule has 0 amide bonds. The van der Waals surface area contributed by atoms with E-state index in [2.05, 4.69) is 20.9 Å². The van der Waals surface area contributed by atoms with Crippen LogP contribution >= 0.6 is 27.7 Å². The first-order valence-corrected chi connectivity index (χ1v) is 7.90. The second-order valence-electron chi connectivity index (χ2n) is 4.76. The molecular formula is C15H11BrN2O2S. The highest BCUT2D eigenvalue weighted by Crippen LogP contribution is 2.49. The Morgan fingerprint density at radius 3 is 2.57 bits per heavy atom. The van der Waals surface area contributed by atoms with E-state index in [0.717, 1.165) is 16.3 Å². The van der Waals surface area contributed by atoms with Crippen LogP contribution in [0.1, 0.15) is 12.5 Å². The van der Waals surface area contributed by atoms with Crippen LogP contribution < -0.4 is 0 Å². The summed E-state index contributed by atoms with van der Waals surface area (Å²) in [7, 11) is 0. The molecule has 3 rings (SSSR count). The van der Waals surface area contributed by atoms with Gasteiger partial charge in [-0.25, -0.2) is 4.99 Å². The lowest BCUT2D eigenvalue weighted by atomic mass is 10.0. The molecule has 0 radical (unpaired) electrons. The molecule has 0 unspecified atom stereocenters. The Hall–Kier alpha value is -1.66. The summed E-state index contributed by atoms with van der Waals surface area (Å²) in [6, 6.07) is 14.6. The van der Waals surface area contributed by atoms with Crippen LogP contribution in [-0.2, 0) is 4.32 Å². The second kappa shape index (κ2) is 5.27. The summed E-state index contributed by atoms with van der Waals surface area (Å²) in [4.78, 5) is 16.0. The highest BCUT2D eigenvalue weighted by atomic mass is 79.9. The molecule has 0 aromatic heterocycles. The Bertz CT molecular complexity index is 759. The van der Waals surface area contributed by atoms with Gasteiger partial charge >= 0.3 is 0 Å². The fourth-order valence-corrected chi connectivity index (χ4v) is 3.93. The third-order valence-electron chi connectivity index (χ3n) is 3.30. The highest BCUT2D eigenvalue weighted by Gasteiger charge is 2.38. The topological polar surface area (TPSA) is 55.5 Å². The number of para-hydroxylation sites is 2. The largest absolute Gasteiger partial charge is 0.283 e. The molecule has 4 nitrogen and oxygen atoms in total. The molecule has 21 heavy (non-hydrogen) atoms. The van der Waals surface area contributed by atoms with Crippen molar-refractivity contribution in [2.45, 2.75) is 16.1 Å². The minimum Gasteiger partial charge on any atom is -0.258 e. The van der Waals surface area contributed by atoms with Gasteiger partial charge in [-0.05, 0) is 19.1 Å². The number of alkyl halides is 1. The van der Waals surface area contributed by atoms with Crippen LogP contribution in [0.4, 0.5) is 11.4 Å². The molecule has 2 aromatic rings. The number of hydrogen-bond acceptors (Lipinski definition) is 4. The van der Waals surface area contributed by atoms with Crippen molar-refractivity contribution in [1.82, 2.24) is 0 Å². The van der Waals surface area contributed by atoms with E-state index < -0.39 is 4.32 Å². The molecule has 0 saturated carbocycles. The first-order valence-electron chi connectivity index (χ1n) is 6.29. The van der Waals surface area contributed by atoms with Crippen molar-refractivity contribution in [3.05, 3.63) is 64.2 Å². The van der Waals surface area contributed by atoms with Crippen LogP contribution in [0.25, 0.3) is 0 Å². The lowest BCUT2D eigenvalue weighted by molar-refractivity contribution is -0.387. The summed E-state index contributed by atoms with van der Waals surface area (Å²) in [5, 5.41) is 11.9. The molecule has 106 valence electrons. The normalized spacial score (nSPS) is 20.0. The predicted octanol–water partition coefficient (Wildman–Crippen LogP) is 5.04. The molecule has 1 heterocycles. The zero-order valence-electron chi connectivity index (χ0n) is 11.1. The number of aliphatic imine (C=N–C) groups is 1. The van der Waals surface area contributed by atoms with Gasteiger partial charge in [-0.3, -0.25) is 10.1 Å². The number of thioether (sulfide) groups is 1. The molecule has 1 atom stereocenters. The van der Waals surface area contributed by atoms with E-state index >= 15 is 0 Å². The van der Waals surface area contributed by atoms with Gasteiger partial charge in [-0.2, -0.15) is 0 Å². The SMILES string of the molecule is C[C@]1(Br)C(Sc2ccccc2[N+](=O)[O-])=Nc2ccccc21. The van der Waals surface area contributed by atoms with E-state index in [0.29, 0.717) is 4.90 Å². The van der Waals surface area contributed by atoms with Gasteiger partial charge in [-0.1, -0.05) is 58.0 Å². The number of rotatable bonds is 2. The van der Waals surface area contributed by atoms with Gasteiger partial charge in [0.15, 0.2) is 0 Å². The molecule has 0 bridgehead atoms. The zero-order chi connectivity index (χ0) is 15.0. The zero-order valence-corrected chi connectivity index (χ0v) is 13.5. The van der Waals surface area contributed by atoms with Gasteiger partial charge < -0.3 is 0 Å². The summed E-state index contributed by atoms with van der Waals surface area (Å²) >= 11 is 5.04. The maximum atomic E-state index is 11.1. The van der Waals surface area contributed by atoms with Crippen molar-refractivity contribution in [3.63, 3.8) is 0 Å². The van der Waals surface area contributed by atoms with Gasteiger partial charge in [0.2, 0.25) is 0 Å². The van der Waals surface area contributed by atoms with E-state index in [1.807, 2.05) is 31.2 Å². The fourth-order valence-electron chi connectivity index (χ4n) is 2.21. The average molecular weight is 363 g/mol. The minimum atomic E-state index is -0.419. The lowest BCUT2D eigenvalue weighted by Crippen LogP contribution is -2.18. The molecule has 0 fully saturated rings. The van der Waals surface area contributed by atoms with Crippen molar-refractivity contribution in [2.75, 3.05) is 0 Å². The summed E-state index contributed by atoms with van der Waals surface area (Å²) in [6.07, 6.45) is 0. The first-order chi connectivity index (χ1) is 10.00. The van der Waals surface area contributed by atoms with E-state index in [4.69, 9.17) is 0 Å². The Kier molecular flexibility index (Phi) is 3.59. The first kappa shape index (κ1) is 14.3. The summed E-state index contributed by atoms with van der Waals surface area (Å²) in [5.41, 5.74) is 2.08. The summed E-state index contributed by atoms with van der Waals surface area (Å²) in [5.74, 6) is 0. The molecular weight excluding hydrogens is 352 g/mol. The Balaban J connectivity index is 2.00. The number of hydrogen-bond donors (Lipinski definition) is 0. The van der Waals surface area contributed by atoms with Crippen LogP contribution in [0.15, 0.2) is 58.4 Å². The lowest BCUT2D eigenvalue weighted by Gasteiger charge is -2.19. The minimum absolute atomic E-state index is 0.101. The van der Waals surface area contributed by atoms with Gasteiger partial charge in [0.1, 0.15) is 0 Å². The molecule has 1 aliphatic heterocycles. The quantitative estimate of drug-likeness (QED) is 0.427. The van der Waals surface area contributed by atoms with Crippen molar-refractivity contribution < 1.29 is 4.92 Å². The van der Waals surface area contributed by atoms with E-state index in [9.17, 15) is 10.1 Å². The van der Waals surface area contributed by atoms with Gasteiger partial charge in [0.25, 0.3) is 5.69 Å². The summed E-state index contributed by atoms with van der Waals surface area (Å²) < 4.78 is -0.419. The second-order valence-corrected chi connectivity index (χ2v) is 7.38. The Morgan fingerprint density at radius 2 is 1.86 bits per heavy atom. The third kappa shape index (κ3) is 2.49. The monoisotopic (exact) mass is 362 g/mol. The highest BCUT2D eigenvalue weighted by molar-refractivity contribution is 9.10. The van der Waals surface area contributed by atoms with Gasteiger partial charge in [-0.15, -0.1) is 0 Å². The number of nitrogens with zero attached hydrogens (tertiary/aromatic N) is 2. The molecule has 2 aromatic carbocycles. The van der Waals surface area contributed by atoms with Crippen LogP contribution in [0, 0.1) is 10.1 Å². The maximum absolute atomic E-state index is 11.1. The molecule has 0 aliphatic carbocycles. The van der Waals surface area contributed by atoms with Crippen LogP contribution in [-0.4, -0.2) is 9.97 Å². The Morgan fingerprint density at radius 1 is 1.19 bits per heavy atom.